The van der Waals surface area contributed by atoms with Crippen molar-refractivity contribution in [3.05, 3.63) is 61.3 Å². The molecule has 1 heterocycles. The first-order valence-corrected chi connectivity index (χ1v) is 15.5. The molecule has 0 saturated heterocycles. The number of allylic oxidation sites excluding steroid dienone is 1. The van der Waals surface area contributed by atoms with Gasteiger partial charge in [0.25, 0.3) is 0 Å². The third-order valence-corrected chi connectivity index (χ3v) is 6.94. The quantitative estimate of drug-likeness (QED) is 0.140. The van der Waals surface area contributed by atoms with Crippen LogP contribution in [-0.4, -0.2) is 43.4 Å². The summed E-state index contributed by atoms with van der Waals surface area (Å²) in [5.74, 6) is -0.756. The third-order valence-electron chi connectivity index (χ3n) is 5.24. The van der Waals surface area contributed by atoms with Crippen LogP contribution in [0, 0.1) is 5.82 Å². The fraction of sp³-hybridized carbons (Fsp3) is 0.462. The summed E-state index contributed by atoms with van der Waals surface area (Å²) in [6, 6.07) is 5.59. The van der Waals surface area contributed by atoms with Crippen LogP contribution in [-0.2, 0) is 21.0 Å². The highest BCUT2D eigenvalue weighted by Crippen LogP contribution is 2.31. The first kappa shape index (κ1) is 27.5. The zero-order valence-corrected chi connectivity index (χ0v) is 21.9. The molecule has 0 aliphatic carbocycles. The van der Waals surface area contributed by atoms with Gasteiger partial charge in [0.05, 0.1) is 12.3 Å². The zero-order valence-electron chi connectivity index (χ0n) is 20.9. The number of carbonyl (C=O) groups excluding carboxylic acids is 1. The number of anilines is 1. The standard InChI is InChI=1S/C26H38FN3O3Si/c1-7-10-14-28-23-17-20(27)12-13-21(23)24-18-30(19-32-15-16-34(4,5)6)25(29-24)22(11-8-2)26(31)33-9-3/h7-8,12-13,17-18,22,28H,1-2,9-11,14-16,19H2,3-6H3. The number of halogens is 1. The lowest BCUT2D eigenvalue weighted by atomic mass is 10.1. The minimum atomic E-state index is -1.24. The second-order valence-electron chi connectivity index (χ2n) is 9.33. The Balaban J connectivity index is 2.44. The van der Waals surface area contributed by atoms with E-state index < -0.39 is 14.0 Å². The number of nitrogens with one attached hydrogen (secondary N) is 1. The summed E-state index contributed by atoms with van der Waals surface area (Å²) in [7, 11) is -1.24. The van der Waals surface area contributed by atoms with Crippen molar-refractivity contribution in [2.75, 3.05) is 25.1 Å². The molecule has 0 fully saturated rings. The van der Waals surface area contributed by atoms with Crippen LogP contribution >= 0.6 is 0 Å². The summed E-state index contributed by atoms with van der Waals surface area (Å²) < 4.78 is 27.1. The molecule has 2 aromatic rings. The lowest BCUT2D eigenvalue weighted by Crippen LogP contribution is -2.23. The first-order valence-electron chi connectivity index (χ1n) is 11.8. The van der Waals surface area contributed by atoms with E-state index in [-0.39, 0.29) is 25.1 Å². The second-order valence-corrected chi connectivity index (χ2v) is 14.9. The molecule has 0 saturated carbocycles. The van der Waals surface area contributed by atoms with Gasteiger partial charge < -0.3 is 19.4 Å². The highest BCUT2D eigenvalue weighted by atomic mass is 28.3. The van der Waals surface area contributed by atoms with Crippen molar-refractivity contribution >= 4 is 19.7 Å². The summed E-state index contributed by atoms with van der Waals surface area (Å²) in [5.41, 5.74) is 2.01. The Kier molecular flexibility index (Phi) is 10.7. The molecule has 1 aromatic heterocycles. The minimum Gasteiger partial charge on any atom is -0.465 e. The molecule has 186 valence electrons. The van der Waals surface area contributed by atoms with Crippen LogP contribution in [0.15, 0.2) is 49.7 Å². The Morgan fingerprint density at radius 3 is 2.71 bits per heavy atom. The van der Waals surface area contributed by atoms with E-state index in [4.69, 9.17) is 14.5 Å². The fourth-order valence-electron chi connectivity index (χ4n) is 3.39. The first-order chi connectivity index (χ1) is 16.2. The van der Waals surface area contributed by atoms with E-state index in [1.54, 1.807) is 25.1 Å². The zero-order chi connectivity index (χ0) is 25.1. The number of benzene rings is 1. The van der Waals surface area contributed by atoms with E-state index in [1.807, 2.05) is 10.8 Å². The van der Waals surface area contributed by atoms with Gasteiger partial charge in [0.2, 0.25) is 0 Å². The van der Waals surface area contributed by atoms with Crippen LogP contribution in [0.1, 0.15) is 31.5 Å². The van der Waals surface area contributed by atoms with Crippen molar-refractivity contribution < 1.29 is 18.7 Å². The van der Waals surface area contributed by atoms with Crippen molar-refractivity contribution in [3.63, 3.8) is 0 Å². The number of nitrogens with zero attached hydrogens (tertiary/aromatic N) is 2. The molecule has 34 heavy (non-hydrogen) atoms. The van der Waals surface area contributed by atoms with Gasteiger partial charge in [0.1, 0.15) is 24.3 Å². The number of aromatic nitrogens is 2. The molecule has 6 nitrogen and oxygen atoms in total. The number of carbonyl (C=O) groups is 1. The van der Waals surface area contributed by atoms with Gasteiger partial charge >= 0.3 is 5.97 Å². The molecule has 1 N–H and O–H groups in total. The molecule has 1 atom stereocenters. The average molecular weight is 488 g/mol. The molecule has 8 heteroatoms. The summed E-state index contributed by atoms with van der Waals surface area (Å²) >= 11 is 0. The van der Waals surface area contributed by atoms with Gasteiger partial charge in [0, 0.05) is 38.7 Å². The molecule has 0 radical (unpaired) electrons. The minimum absolute atomic E-state index is 0.264. The predicted molar refractivity (Wildman–Crippen MR) is 139 cm³/mol. The Bertz CT molecular complexity index is 969. The number of rotatable bonds is 15. The van der Waals surface area contributed by atoms with Crippen molar-refractivity contribution in [1.82, 2.24) is 9.55 Å². The van der Waals surface area contributed by atoms with Gasteiger partial charge in [-0.3, -0.25) is 4.79 Å². The van der Waals surface area contributed by atoms with E-state index >= 15 is 0 Å². The van der Waals surface area contributed by atoms with Gasteiger partial charge in [-0.05, 0) is 44.0 Å². The van der Waals surface area contributed by atoms with Crippen molar-refractivity contribution in [3.8, 4) is 11.3 Å². The van der Waals surface area contributed by atoms with Crippen molar-refractivity contribution in [1.29, 1.82) is 0 Å². The van der Waals surface area contributed by atoms with Crippen molar-refractivity contribution in [2.24, 2.45) is 0 Å². The number of ether oxygens (including phenoxy) is 2. The van der Waals surface area contributed by atoms with Gasteiger partial charge in [-0.1, -0.05) is 31.8 Å². The molecule has 0 aliphatic heterocycles. The Labute approximate surface area is 203 Å². The summed E-state index contributed by atoms with van der Waals surface area (Å²) in [4.78, 5) is 17.6. The van der Waals surface area contributed by atoms with Crippen LogP contribution in [0.3, 0.4) is 0 Å². The monoisotopic (exact) mass is 487 g/mol. The summed E-state index contributed by atoms with van der Waals surface area (Å²) in [5, 5.41) is 3.25. The molecule has 1 unspecified atom stereocenters. The maximum absolute atomic E-state index is 14.0. The van der Waals surface area contributed by atoms with E-state index in [1.165, 1.54) is 12.1 Å². The van der Waals surface area contributed by atoms with Gasteiger partial charge in [-0.15, -0.1) is 13.2 Å². The number of hydrogen-bond donors (Lipinski definition) is 1. The Morgan fingerprint density at radius 1 is 1.29 bits per heavy atom. The van der Waals surface area contributed by atoms with E-state index in [0.717, 1.165) is 18.0 Å². The van der Waals surface area contributed by atoms with E-state index in [0.29, 0.717) is 36.8 Å². The van der Waals surface area contributed by atoms with Crippen LogP contribution in [0.2, 0.25) is 25.7 Å². The highest BCUT2D eigenvalue weighted by Gasteiger charge is 2.27. The Hall–Kier alpha value is -2.71. The maximum Gasteiger partial charge on any atom is 0.316 e. The molecule has 2 rings (SSSR count). The number of imidazole rings is 1. The molecule has 0 spiro atoms. The molecule has 1 aromatic carbocycles. The van der Waals surface area contributed by atoms with Crippen LogP contribution < -0.4 is 5.32 Å². The molecular formula is C26H38FN3O3Si. The van der Waals surface area contributed by atoms with Gasteiger partial charge in [-0.2, -0.15) is 0 Å². The lowest BCUT2D eigenvalue weighted by molar-refractivity contribution is -0.145. The summed E-state index contributed by atoms with van der Waals surface area (Å²) in [6.07, 6.45) is 6.47. The molecule has 0 aliphatic rings. The normalized spacial score (nSPS) is 12.3. The van der Waals surface area contributed by atoms with Crippen LogP contribution in [0.25, 0.3) is 11.3 Å². The fourth-order valence-corrected chi connectivity index (χ4v) is 4.15. The van der Waals surface area contributed by atoms with E-state index in [2.05, 4.69) is 38.1 Å². The topological polar surface area (TPSA) is 65.4 Å². The average Bonchev–Trinajstić information content (AvgIpc) is 3.18. The van der Waals surface area contributed by atoms with Gasteiger partial charge in [0.15, 0.2) is 0 Å². The molecule has 0 amide bonds. The lowest BCUT2D eigenvalue weighted by Gasteiger charge is -2.18. The predicted octanol–water partition coefficient (Wildman–Crippen LogP) is 6.21. The molecule has 0 bridgehead atoms. The van der Waals surface area contributed by atoms with Crippen LogP contribution in [0.5, 0.6) is 0 Å². The van der Waals surface area contributed by atoms with E-state index in [9.17, 15) is 9.18 Å². The van der Waals surface area contributed by atoms with Crippen LogP contribution in [0.4, 0.5) is 10.1 Å². The summed E-state index contributed by atoms with van der Waals surface area (Å²) in [6.45, 7) is 18.0. The van der Waals surface area contributed by atoms with Crippen molar-refractivity contribution in [2.45, 2.75) is 58.1 Å². The maximum atomic E-state index is 14.0. The van der Waals surface area contributed by atoms with Gasteiger partial charge in [-0.25, -0.2) is 9.37 Å². The number of esters is 1. The Morgan fingerprint density at radius 2 is 2.06 bits per heavy atom. The number of hydrogen-bond acceptors (Lipinski definition) is 5. The third kappa shape index (κ3) is 8.25. The highest BCUT2D eigenvalue weighted by molar-refractivity contribution is 6.76. The molecular weight excluding hydrogens is 449 g/mol. The largest absolute Gasteiger partial charge is 0.465 e. The SMILES string of the molecule is C=CCCNc1cc(F)ccc1-c1cn(COCC[Si](C)(C)C)c(C(CC=C)C(=O)OCC)n1. The smallest absolute Gasteiger partial charge is 0.316 e. The second kappa shape index (κ2) is 13.2.